The van der Waals surface area contributed by atoms with Crippen molar-refractivity contribution in [3.05, 3.63) is 29.8 Å². The maximum Gasteiger partial charge on any atom is 0.119 e. The molecule has 0 aliphatic carbocycles. The monoisotopic (exact) mass is 276 g/mol. The van der Waals surface area contributed by atoms with E-state index in [1.165, 1.54) is 31.4 Å². The van der Waals surface area contributed by atoms with Crippen molar-refractivity contribution in [1.82, 2.24) is 10.2 Å². The molecule has 2 rings (SSSR count). The lowest BCUT2D eigenvalue weighted by Crippen LogP contribution is -2.44. The largest absolute Gasteiger partial charge is 0.494 e. The van der Waals surface area contributed by atoms with Crippen molar-refractivity contribution in [2.75, 3.05) is 26.7 Å². The molecule has 0 saturated carbocycles. The Morgan fingerprint density at radius 2 is 2.05 bits per heavy atom. The fourth-order valence-electron chi connectivity index (χ4n) is 2.88. The average molecular weight is 276 g/mol. The number of hydrogen-bond donors (Lipinski definition) is 1. The van der Waals surface area contributed by atoms with Crippen molar-refractivity contribution >= 4 is 0 Å². The Balaban J connectivity index is 1.90. The Kier molecular flexibility index (Phi) is 6.34. The van der Waals surface area contributed by atoms with Crippen molar-refractivity contribution in [1.29, 1.82) is 0 Å². The summed E-state index contributed by atoms with van der Waals surface area (Å²) >= 11 is 0. The van der Waals surface area contributed by atoms with Crippen LogP contribution in [0, 0.1) is 0 Å². The molecule has 20 heavy (non-hydrogen) atoms. The summed E-state index contributed by atoms with van der Waals surface area (Å²) in [5, 5.41) is 3.32. The van der Waals surface area contributed by atoms with Gasteiger partial charge in [0.05, 0.1) is 6.61 Å². The van der Waals surface area contributed by atoms with Crippen LogP contribution in [0.15, 0.2) is 24.3 Å². The molecule has 1 atom stereocenters. The highest BCUT2D eigenvalue weighted by Crippen LogP contribution is 2.20. The highest BCUT2D eigenvalue weighted by molar-refractivity contribution is 5.27. The number of ether oxygens (including phenoxy) is 1. The third kappa shape index (κ3) is 4.50. The van der Waals surface area contributed by atoms with Crippen LogP contribution in [-0.4, -0.2) is 37.7 Å². The number of nitrogens with zero attached hydrogens (tertiary/aromatic N) is 1. The first-order valence-corrected chi connectivity index (χ1v) is 7.94. The highest BCUT2D eigenvalue weighted by atomic mass is 16.5. The van der Waals surface area contributed by atoms with Gasteiger partial charge in [0.25, 0.3) is 0 Å². The molecule has 1 N–H and O–H groups in total. The minimum Gasteiger partial charge on any atom is -0.494 e. The number of nitrogens with one attached hydrogen (secondary N) is 1. The topological polar surface area (TPSA) is 24.5 Å². The molecule has 1 unspecified atom stereocenters. The number of benzene rings is 1. The normalized spacial score (nSPS) is 20.0. The Bertz CT molecular complexity index is 375. The van der Waals surface area contributed by atoms with Gasteiger partial charge in [0, 0.05) is 19.1 Å². The van der Waals surface area contributed by atoms with E-state index >= 15 is 0 Å². The van der Waals surface area contributed by atoms with Crippen LogP contribution >= 0.6 is 0 Å². The summed E-state index contributed by atoms with van der Waals surface area (Å²) in [6, 6.07) is 9.29. The van der Waals surface area contributed by atoms with E-state index in [1.807, 2.05) is 7.05 Å². The maximum absolute atomic E-state index is 5.64. The van der Waals surface area contributed by atoms with E-state index < -0.39 is 0 Å². The van der Waals surface area contributed by atoms with Crippen molar-refractivity contribution in [2.24, 2.45) is 0 Å². The van der Waals surface area contributed by atoms with Crippen LogP contribution in [0.4, 0.5) is 0 Å². The third-order valence-corrected chi connectivity index (χ3v) is 3.97. The lowest BCUT2D eigenvalue weighted by Gasteiger charge is -2.35. The fraction of sp³-hybridized carbons (Fsp3) is 0.647. The van der Waals surface area contributed by atoms with Crippen LogP contribution in [-0.2, 0) is 6.54 Å². The van der Waals surface area contributed by atoms with Crippen LogP contribution in [0.2, 0.25) is 0 Å². The second kappa shape index (κ2) is 8.28. The Morgan fingerprint density at radius 3 is 2.75 bits per heavy atom. The van der Waals surface area contributed by atoms with Gasteiger partial charge < -0.3 is 10.1 Å². The molecule has 0 radical (unpaired) electrons. The molecule has 1 aliphatic rings. The number of rotatable bonds is 7. The standard InChI is InChI=1S/C17H28N2O/c1-3-12-20-17-9-7-15(8-10-17)14-19-11-5-4-6-16(19)13-18-2/h7-10,16,18H,3-6,11-14H2,1-2H3. The van der Waals surface area contributed by atoms with Gasteiger partial charge in [-0.25, -0.2) is 0 Å². The predicted octanol–water partition coefficient (Wildman–Crippen LogP) is 3.05. The molecule has 1 aliphatic heterocycles. The first kappa shape index (κ1) is 15.3. The fourth-order valence-corrected chi connectivity index (χ4v) is 2.88. The summed E-state index contributed by atoms with van der Waals surface area (Å²) in [5.74, 6) is 0.987. The second-order valence-corrected chi connectivity index (χ2v) is 5.67. The van der Waals surface area contributed by atoms with Gasteiger partial charge >= 0.3 is 0 Å². The van der Waals surface area contributed by atoms with E-state index in [4.69, 9.17) is 4.74 Å². The second-order valence-electron chi connectivity index (χ2n) is 5.67. The minimum absolute atomic E-state index is 0.685. The SMILES string of the molecule is CCCOc1ccc(CN2CCCCC2CNC)cc1. The van der Waals surface area contributed by atoms with Gasteiger partial charge in [-0.3, -0.25) is 4.90 Å². The van der Waals surface area contributed by atoms with Crippen LogP contribution in [0.1, 0.15) is 38.2 Å². The first-order chi connectivity index (χ1) is 9.83. The lowest BCUT2D eigenvalue weighted by molar-refractivity contribution is 0.139. The van der Waals surface area contributed by atoms with Crippen LogP contribution in [0.25, 0.3) is 0 Å². The molecule has 0 amide bonds. The Labute approximate surface area is 123 Å². The van der Waals surface area contributed by atoms with Gasteiger partial charge in [0.2, 0.25) is 0 Å². The smallest absolute Gasteiger partial charge is 0.119 e. The first-order valence-electron chi connectivity index (χ1n) is 7.94. The quantitative estimate of drug-likeness (QED) is 0.828. The molecular formula is C17H28N2O. The van der Waals surface area contributed by atoms with E-state index in [0.717, 1.165) is 31.9 Å². The number of likely N-dealkylation sites (N-methyl/N-ethyl adjacent to an activating group) is 1. The van der Waals surface area contributed by atoms with Crippen molar-refractivity contribution in [3.63, 3.8) is 0 Å². The molecule has 0 aromatic heterocycles. The molecule has 1 aromatic rings. The summed E-state index contributed by atoms with van der Waals surface area (Å²) in [7, 11) is 2.05. The van der Waals surface area contributed by atoms with Crippen molar-refractivity contribution in [2.45, 2.75) is 45.2 Å². The van der Waals surface area contributed by atoms with E-state index in [9.17, 15) is 0 Å². The van der Waals surface area contributed by atoms with Gasteiger partial charge in [-0.2, -0.15) is 0 Å². The summed E-state index contributed by atoms with van der Waals surface area (Å²) in [6.45, 7) is 6.31. The van der Waals surface area contributed by atoms with Gasteiger partial charge in [-0.05, 0) is 50.6 Å². The van der Waals surface area contributed by atoms with Gasteiger partial charge in [-0.1, -0.05) is 25.5 Å². The van der Waals surface area contributed by atoms with Crippen molar-refractivity contribution < 1.29 is 4.74 Å². The average Bonchev–Trinajstić information content (AvgIpc) is 2.49. The van der Waals surface area contributed by atoms with E-state index in [1.54, 1.807) is 0 Å². The molecule has 3 nitrogen and oxygen atoms in total. The zero-order valence-electron chi connectivity index (χ0n) is 12.9. The predicted molar refractivity (Wildman–Crippen MR) is 84.2 cm³/mol. The number of likely N-dealkylation sites (tertiary alicyclic amines) is 1. The Hall–Kier alpha value is -1.06. The summed E-state index contributed by atoms with van der Waals surface area (Å²) in [4.78, 5) is 2.61. The Morgan fingerprint density at radius 1 is 1.25 bits per heavy atom. The molecule has 0 spiro atoms. The van der Waals surface area contributed by atoms with E-state index in [0.29, 0.717) is 6.04 Å². The zero-order chi connectivity index (χ0) is 14.2. The number of piperidine rings is 1. The lowest BCUT2D eigenvalue weighted by atomic mass is 10.0. The maximum atomic E-state index is 5.64. The zero-order valence-corrected chi connectivity index (χ0v) is 12.9. The number of hydrogen-bond acceptors (Lipinski definition) is 3. The third-order valence-electron chi connectivity index (χ3n) is 3.97. The molecule has 112 valence electrons. The van der Waals surface area contributed by atoms with E-state index in [2.05, 4.69) is 41.4 Å². The molecule has 1 aromatic carbocycles. The molecule has 3 heteroatoms. The summed E-state index contributed by atoms with van der Waals surface area (Å²) in [6.07, 6.45) is 5.07. The van der Waals surface area contributed by atoms with E-state index in [-0.39, 0.29) is 0 Å². The molecule has 1 fully saturated rings. The van der Waals surface area contributed by atoms with Gasteiger partial charge in [0.15, 0.2) is 0 Å². The van der Waals surface area contributed by atoms with Gasteiger partial charge in [0.1, 0.15) is 5.75 Å². The van der Waals surface area contributed by atoms with Crippen LogP contribution in [0.5, 0.6) is 5.75 Å². The molecule has 1 saturated heterocycles. The van der Waals surface area contributed by atoms with Crippen LogP contribution < -0.4 is 10.1 Å². The molecular weight excluding hydrogens is 248 g/mol. The minimum atomic E-state index is 0.685. The van der Waals surface area contributed by atoms with Crippen LogP contribution in [0.3, 0.4) is 0 Å². The summed E-state index contributed by atoms with van der Waals surface area (Å²) < 4.78 is 5.64. The summed E-state index contributed by atoms with van der Waals surface area (Å²) in [5.41, 5.74) is 1.39. The molecule has 0 bridgehead atoms. The van der Waals surface area contributed by atoms with Crippen molar-refractivity contribution in [3.8, 4) is 5.75 Å². The molecule has 1 heterocycles. The highest BCUT2D eigenvalue weighted by Gasteiger charge is 2.21. The van der Waals surface area contributed by atoms with Gasteiger partial charge in [-0.15, -0.1) is 0 Å².